The van der Waals surface area contributed by atoms with E-state index in [1.54, 1.807) is 4.68 Å². The molecule has 0 fully saturated rings. The molecule has 0 bridgehead atoms. The van der Waals surface area contributed by atoms with Crippen LogP contribution in [0.2, 0.25) is 0 Å². The van der Waals surface area contributed by atoms with Crippen LogP contribution >= 0.6 is 11.8 Å². The zero-order chi connectivity index (χ0) is 21.1. The van der Waals surface area contributed by atoms with Gasteiger partial charge < -0.3 is 5.32 Å². The Bertz CT molecular complexity index is 1010. The maximum atomic E-state index is 12.9. The number of nitrogens with one attached hydrogen (secondary N) is 1. The van der Waals surface area contributed by atoms with Crippen LogP contribution in [-0.4, -0.2) is 31.4 Å². The summed E-state index contributed by atoms with van der Waals surface area (Å²) < 4.78 is 1.69. The molecule has 156 valence electrons. The van der Waals surface area contributed by atoms with Gasteiger partial charge in [-0.25, -0.2) is 0 Å². The van der Waals surface area contributed by atoms with Crippen LogP contribution in [0.5, 0.6) is 0 Å². The van der Waals surface area contributed by atoms with Crippen molar-refractivity contribution in [3.63, 3.8) is 0 Å². The fourth-order valence-corrected chi connectivity index (χ4v) is 4.64. The number of carbonyl (C=O) groups excluding carboxylic acids is 1. The number of hydrogen-bond acceptors (Lipinski definition) is 5. The van der Waals surface area contributed by atoms with Crippen molar-refractivity contribution in [2.24, 2.45) is 0 Å². The zero-order valence-corrected chi connectivity index (χ0v) is 18.4. The Kier molecular flexibility index (Phi) is 6.18. The molecule has 1 N–H and O–H groups in total. The van der Waals surface area contributed by atoms with Gasteiger partial charge in [0.05, 0.1) is 17.0 Å². The van der Waals surface area contributed by atoms with Gasteiger partial charge in [0.1, 0.15) is 0 Å². The van der Waals surface area contributed by atoms with Crippen molar-refractivity contribution >= 4 is 17.7 Å². The summed E-state index contributed by atoms with van der Waals surface area (Å²) in [6.45, 7) is 6.23. The number of aromatic nitrogens is 4. The van der Waals surface area contributed by atoms with Gasteiger partial charge in [-0.1, -0.05) is 62.0 Å². The van der Waals surface area contributed by atoms with E-state index in [-0.39, 0.29) is 17.2 Å². The fourth-order valence-electron chi connectivity index (χ4n) is 3.82. The maximum Gasteiger partial charge on any atom is 0.233 e. The minimum atomic E-state index is -0.307. The number of hydrogen-bond donors (Lipinski definition) is 1. The van der Waals surface area contributed by atoms with Crippen LogP contribution in [0.15, 0.2) is 53.7 Å². The molecule has 0 saturated heterocycles. The molecule has 0 spiro atoms. The molecule has 0 saturated carbocycles. The Morgan fingerprint density at radius 2 is 1.90 bits per heavy atom. The van der Waals surface area contributed by atoms with E-state index >= 15 is 0 Å². The highest BCUT2D eigenvalue weighted by Gasteiger charge is 2.25. The van der Waals surface area contributed by atoms with Crippen LogP contribution < -0.4 is 5.32 Å². The van der Waals surface area contributed by atoms with E-state index < -0.39 is 0 Å². The highest BCUT2D eigenvalue weighted by atomic mass is 32.2. The third-order valence-electron chi connectivity index (χ3n) is 5.58. The lowest BCUT2D eigenvalue weighted by atomic mass is 9.88. The summed E-state index contributed by atoms with van der Waals surface area (Å²) in [4.78, 5) is 12.9. The molecule has 2 aromatic carbocycles. The minimum Gasteiger partial charge on any atom is -0.348 e. The summed E-state index contributed by atoms with van der Waals surface area (Å²) in [6, 6.07) is 16.7. The largest absolute Gasteiger partial charge is 0.348 e. The molecule has 1 aliphatic carbocycles. The van der Waals surface area contributed by atoms with Crippen molar-refractivity contribution in [1.82, 2.24) is 25.5 Å². The summed E-state index contributed by atoms with van der Waals surface area (Å²) in [6.07, 6.45) is 3.14. The van der Waals surface area contributed by atoms with Crippen LogP contribution in [-0.2, 0) is 11.2 Å². The topological polar surface area (TPSA) is 72.7 Å². The number of tetrazole rings is 1. The predicted octanol–water partition coefficient (Wildman–Crippen LogP) is 4.46. The summed E-state index contributed by atoms with van der Waals surface area (Å²) >= 11 is 1.37. The molecule has 2 atom stereocenters. The average Bonchev–Trinajstić information content (AvgIpc) is 3.22. The first-order valence-corrected chi connectivity index (χ1v) is 11.3. The number of nitrogens with zero attached hydrogens (tertiary/aromatic N) is 4. The lowest BCUT2D eigenvalue weighted by molar-refractivity contribution is -0.121. The van der Waals surface area contributed by atoms with Gasteiger partial charge >= 0.3 is 0 Å². The Morgan fingerprint density at radius 3 is 2.67 bits per heavy atom. The predicted molar refractivity (Wildman–Crippen MR) is 119 cm³/mol. The first kappa shape index (κ1) is 20.6. The van der Waals surface area contributed by atoms with Crippen LogP contribution in [0.3, 0.4) is 0 Å². The molecule has 30 heavy (non-hydrogen) atoms. The van der Waals surface area contributed by atoms with Crippen LogP contribution in [0.25, 0.3) is 5.69 Å². The SMILES string of the molecule is CC(C)c1ccc(-n2nnnc2S[C@@H](C)C(=O)N[C@H]2CCCc3ccccc32)cc1. The lowest BCUT2D eigenvalue weighted by Crippen LogP contribution is -2.36. The molecule has 1 aliphatic rings. The van der Waals surface area contributed by atoms with Crippen molar-refractivity contribution in [2.75, 3.05) is 0 Å². The van der Waals surface area contributed by atoms with Gasteiger partial charge in [-0.15, -0.1) is 5.10 Å². The van der Waals surface area contributed by atoms with E-state index in [2.05, 4.69) is 65.0 Å². The maximum absolute atomic E-state index is 12.9. The molecule has 6 nitrogen and oxygen atoms in total. The Morgan fingerprint density at radius 1 is 1.13 bits per heavy atom. The van der Waals surface area contributed by atoms with Crippen molar-refractivity contribution in [3.8, 4) is 5.69 Å². The van der Waals surface area contributed by atoms with Gasteiger partial charge in [0, 0.05) is 0 Å². The Balaban J connectivity index is 1.44. The van der Waals surface area contributed by atoms with Crippen LogP contribution in [0.1, 0.15) is 62.3 Å². The number of aryl methyl sites for hydroxylation is 1. The van der Waals surface area contributed by atoms with Gasteiger partial charge in [-0.05, 0) is 71.4 Å². The zero-order valence-electron chi connectivity index (χ0n) is 17.6. The number of benzene rings is 2. The van der Waals surface area contributed by atoms with Gasteiger partial charge in [0.15, 0.2) is 0 Å². The number of carbonyl (C=O) groups is 1. The molecular formula is C23H27N5OS. The summed E-state index contributed by atoms with van der Waals surface area (Å²) in [5, 5.41) is 15.6. The van der Waals surface area contributed by atoms with Crippen LogP contribution in [0.4, 0.5) is 0 Å². The molecule has 1 aromatic heterocycles. The van der Waals surface area contributed by atoms with Crippen molar-refractivity contribution in [3.05, 3.63) is 65.2 Å². The van der Waals surface area contributed by atoms with E-state index in [4.69, 9.17) is 0 Å². The summed E-state index contributed by atoms with van der Waals surface area (Å²) in [7, 11) is 0. The fraction of sp³-hybridized carbons (Fsp3) is 0.391. The van der Waals surface area contributed by atoms with E-state index in [1.807, 2.05) is 25.1 Å². The van der Waals surface area contributed by atoms with Gasteiger partial charge in [-0.2, -0.15) is 4.68 Å². The van der Waals surface area contributed by atoms with Gasteiger partial charge in [0.2, 0.25) is 11.1 Å². The molecule has 1 heterocycles. The molecule has 0 unspecified atom stereocenters. The number of fused-ring (bicyclic) bond motifs is 1. The van der Waals surface area contributed by atoms with Gasteiger partial charge in [0.25, 0.3) is 0 Å². The molecule has 7 heteroatoms. The van der Waals surface area contributed by atoms with Crippen molar-refractivity contribution < 1.29 is 4.79 Å². The lowest BCUT2D eigenvalue weighted by Gasteiger charge is -2.27. The molecule has 0 radical (unpaired) electrons. The average molecular weight is 422 g/mol. The summed E-state index contributed by atoms with van der Waals surface area (Å²) in [5.41, 5.74) is 4.73. The molecule has 1 amide bonds. The smallest absolute Gasteiger partial charge is 0.233 e. The van der Waals surface area contributed by atoms with E-state index in [9.17, 15) is 4.79 Å². The minimum absolute atomic E-state index is 0.00593. The van der Waals surface area contributed by atoms with Crippen LogP contribution in [0, 0.1) is 0 Å². The summed E-state index contributed by atoms with van der Waals surface area (Å²) in [5.74, 6) is 0.474. The number of rotatable bonds is 6. The Labute approximate surface area is 181 Å². The highest BCUT2D eigenvalue weighted by molar-refractivity contribution is 8.00. The second kappa shape index (κ2) is 9.00. The highest BCUT2D eigenvalue weighted by Crippen LogP contribution is 2.30. The third-order valence-corrected chi connectivity index (χ3v) is 6.62. The second-order valence-corrected chi connectivity index (χ2v) is 9.34. The number of amides is 1. The van der Waals surface area contributed by atoms with E-state index in [1.165, 1.54) is 28.5 Å². The quantitative estimate of drug-likeness (QED) is 0.595. The molecule has 4 rings (SSSR count). The van der Waals surface area contributed by atoms with E-state index in [0.29, 0.717) is 11.1 Å². The molecule has 3 aromatic rings. The number of thioether (sulfide) groups is 1. The van der Waals surface area contributed by atoms with Crippen molar-refractivity contribution in [1.29, 1.82) is 0 Å². The third kappa shape index (κ3) is 4.41. The normalized spacial score (nSPS) is 16.9. The first-order valence-electron chi connectivity index (χ1n) is 10.5. The molecule has 0 aliphatic heterocycles. The first-order chi connectivity index (χ1) is 14.5. The monoisotopic (exact) mass is 421 g/mol. The standard InChI is InChI=1S/C23H27N5OS/c1-15(2)17-11-13-19(14-12-17)28-23(25-26-27-28)30-16(3)22(29)24-21-10-6-8-18-7-4-5-9-20(18)21/h4-5,7,9,11-16,21H,6,8,10H2,1-3H3,(H,24,29)/t16-,21-/m0/s1. The van der Waals surface area contributed by atoms with Gasteiger partial charge in [-0.3, -0.25) is 4.79 Å². The Hall–Kier alpha value is -2.67. The second-order valence-electron chi connectivity index (χ2n) is 8.03. The molecular weight excluding hydrogens is 394 g/mol. The van der Waals surface area contributed by atoms with Crippen molar-refractivity contribution in [2.45, 2.75) is 62.4 Å². The van der Waals surface area contributed by atoms with E-state index in [0.717, 1.165) is 24.9 Å².